The van der Waals surface area contributed by atoms with E-state index in [0.29, 0.717) is 28.6 Å². The third-order valence-electron chi connectivity index (χ3n) is 4.52. The number of para-hydroxylation sites is 1. The van der Waals surface area contributed by atoms with Crippen LogP contribution in [0.2, 0.25) is 5.02 Å². The fourth-order valence-corrected chi connectivity index (χ4v) is 3.29. The van der Waals surface area contributed by atoms with Gasteiger partial charge in [-0.05, 0) is 30.2 Å². The molecular formula is C21H19ClF2N6. The van der Waals surface area contributed by atoms with Crippen molar-refractivity contribution in [2.75, 3.05) is 17.6 Å². The summed E-state index contributed by atoms with van der Waals surface area (Å²) in [5.41, 5.74) is 7.27. The van der Waals surface area contributed by atoms with Crippen molar-refractivity contribution in [1.29, 1.82) is 0 Å². The van der Waals surface area contributed by atoms with Crippen LogP contribution in [0.3, 0.4) is 0 Å². The Morgan fingerprint density at radius 2 is 1.87 bits per heavy atom. The predicted octanol–water partition coefficient (Wildman–Crippen LogP) is 5.06. The Bertz CT molecular complexity index is 1240. The monoisotopic (exact) mass is 428 g/mol. The molecule has 0 aliphatic rings. The van der Waals surface area contributed by atoms with Gasteiger partial charge < -0.3 is 11.1 Å². The van der Waals surface area contributed by atoms with E-state index in [1.807, 2.05) is 13.8 Å². The first-order valence-corrected chi connectivity index (χ1v) is 9.74. The molecule has 0 saturated heterocycles. The molecule has 9 heteroatoms. The van der Waals surface area contributed by atoms with E-state index in [2.05, 4.69) is 20.4 Å². The Morgan fingerprint density at radius 3 is 2.60 bits per heavy atom. The number of nitrogen functional groups attached to an aromatic ring is 1. The molecule has 0 fully saturated rings. The first-order chi connectivity index (χ1) is 14.4. The van der Waals surface area contributed by atoms with Crippen LogP contribution in [0.15, 0.2) is 42.5 Å². The summed E-state index contributed by atoms with van der Waals surface area (Å²) < 4.78 is 30.0. The lowest BCUT2D eigenvalue weighted by Gasteiger charge is -2.10. The number of fused-ring (bicyclic) bond motifs is 1. The maximum atomic E-state index is 14.6. The molecule has 4 aromatic rings. The molecule has 0 aliphatic heterocycles. The fourth-order valence-electron chi connectivity index (χ4n) is 3.07. The molecule has 154 valence electrons. The molecule has 0 aliphatic carbocycles. The van der Waals surface area contributed by atoms with Crippen molar-refractivity contribution in [2.24, 2.45) is 5.92 Å². The van der Waals surface area contributed by atoms with Crippen LogP contribution < -0.4 is 11.1 Å². The van der Waals surface area contributed by atoms with Crippen molar-refractivity contribution < 1.29 is 8.78 Å². The van der Waals surface area contributed by atoms with Crippen LogP contribution in [0.4, 0.5) is 20.5 Å². The zero-order valence-corrected chi connectivity index (χ0v) is 17.1. The molecule has 3 N–H and O–H groups in total. The van der Waals surface area contributed by atoms with Gasteiger partial charge in [0.2, 0.25) is 5.95 Å². The quantitative estimate of drug-likeness (QED) is 0.464. The van der Waals surface area contributed by atoms with E-state index >= 15 is 0 Å². The van der Waals surface area contributed by atoms with Crippen LogP contribution in [-0.4, -0.2) is 26.3 Å². The summed E-state index contributed by atoms with van der Waals surface area (Å²) in [4.78, 5) is 8.87. The fraction of sp³-hybridized carbons (Fsp3) is 0.190. The Hall–Kier alpha value is -3.26. The normalized spacial score (nSPS) is 11.4. The summed E-state index contributed by atoms with van der Waals surface area (Å²) in [7, 11) is 0. The minimum atomic E-state index is -1.02. The van der Waals surface area contributed by atoms with Gasteiger partial charge in [0.25, 0.3) is 0 Å². The van der Waals surface area contributed by atoms with Gasteiger partial charge in [0.1, 0.15) is 5.82 Å². The molecule has 6 nitrogen and oxygen atoms in total. The number of rotatable bonds is 5. The lowest BCUT2D eigenvalue weighted by molar-refractivity contribution is 0.511. The zero-order chi connectivity index (χ0) is 21.4. The van der Waals surface area contributed by atoms with E-state index in [0.717, 1.165) is 6.07 Å². The number of halogens is 3. The van der Waals surface area contributed by atoms with Crippen molar-refractivity contribution >= 4 is 34.4 Å². The van der Waals surface area contributed by atoms with Gasteiger partial charge in [-0.1, -0.05) is 43.6 Å². The van der Waals surface area contributed by atoms with Gasteiger partial charge in [0.05, 0.1) is 21.8 Å². The smallest absolute Gasteiger partial charge is 0.225 e. The molecule has 0 unspecified atom stereocenters. The third-order valence-corrected chi connectivity index (χ3v) is 4.84. The summed E-state index contributed by atoms with van der Waals surface area (Å²) in [6.07, 6.45) is 0. The van der Waals surface area contributed by atoms with Crippen LogP contribution in [-0.2, 0) is 0 Å². The summed E-state index contributed by atoms with van der Waals surface area (Å²) in [6, 6.07) is 10.9. The van der Waals surface area contributed by atoms with E-state index in [9.17, 15) is 8.78 Å². The van der Waals surface area contributed by atoms with Gasteiger partial charge in [-0.25, -0.2) is 18.4 Å². The van der Waals surface area contributed by atoms with Gasteiger partial charge in [0.15, 0.2) is 17.3 Å². The second-order valence-corrected chi connectivity index (χ2v) is 7.63. The van der Waals surface area contributed by atoms with Gasteiger partial charge in [-0.15, -0.1) is 5.10 Å². The van der Waals surface area contributed by atoms with Crippen molar-refractivity contribution in [2.45, 2.75) is 13.8 Å². The number of nitrogens with one attached hydrogen (secondary N) is 1. The maximum absolute atomic E-state index is 14.6. The number of aromatic nitrogens is 4. The molecule has 4 rings (SSSR count). The van der Waals surface area contributed by atoms with Crippen molar-refractivity contribution in [3.05, 3.63) is 59.1 Å². The SMILES string of the molecule is CC(C)CNc1nc(-c2cccc(F)c2F)c2c(N)n(-c3ccccc3Cl)nc2n1. The Kier molecular flexibility index (Phi) is 5.26. The largest absolute Gasteiger partial charge is 0.383 e. The van der Waals surface area contributed by atoms with Crippen LogP contribution in [0.1, 0.15) is 13.8 Å². The number of nitrogens with two attached hydrogens (primary N) is 1. The summed E-state index contributed by atoms with van der Waals surface area (Å²) in [5, 5.41) is 8.32. The molecular weight excluding hydrogens is 410 g/mol. The molecule has 30 heavy (non-hydrogen) atoms. The number of nitrogens with zero attached hydrogens (tertiary/aromatic N) is 4. The maximum Gasteiger partial charge on any atom is 0.225 e. The van der Waals surface area contributed by atoms with Crippen LogP contribution >= 0.6 is 11.6 Å². The third kappa shape index (κ3) is 3.54. The number of benzene rings is 2. The van der Waals surface area contributed by atoms with Crippen LogP contribution in [0, 0.1) is 17.6 Å². The Balaban J connectivity index is 2.00. The lowest BCUT2D eigenvalue weighted by atomic mass is 10.1. The lowest BCUT2D eigenvalue weighted by Crippen LogP contribution is -2.11. The molecule has 2 aromatic heterocycles. The molecule has 0 atom stereocenters. The molecule has 0 spiro atoms. The van der Waals surface area contributed by atoms with Gasteiger partial charge in [-0.3, -0.25) is 0 Å². The first kappa shape index (κ1) is 20.0. The van der Waals surface area contributed by atoms with E-state index in [-0.39, 0.29) is 28.7 Å². The second-order valence-electron chi connectivity index (χ2n) is 7.22. The number of anilines is 2. The Morgan fingerprint density at radius 1 is 1.10 bits per heavy atom. The molecule has 0 radical (unpaired) electrons. The first-order valence-electron chi connectivity index (χ1n) is 9.36. The summed E-state index contributed by atoms with van der Waals surface area (Å²) in [6.45, 7) is 4.66. The van der Waals surface area contributed by atoms with Crippen LogP contribution in [0.25, 0.3) is 28.0 Å². The molecule has 0 saturated carbocycles. The standard InChI is InChI=1S/C21H19ClF2N6/c1-11(2)10-26-21-27-18(12-6-5-8-14(23)17(12)24)16-19(25)30(29-20(16)28-21)15-9-4-3-7-13(15)22/h3-9,11H,10,25H2,1-2H3,(H,26,28,29). The van der Waals surface area contributed by atoms with E-state index in [1.165, 1.54) is 16.8 Å². The highest BCUT2D eigenvalue weighted by Crippen LogP contribution is 2.35. The van der Waals surface area contributed by atoms with Crippen molar-refractivity contribution in [3.8, 4) is 16.9 Å². The highest BCUT2D eigenvalue weighted by Gasteiger charge is 2.22. The topological polar surface area (TPSA) is 81.6 Å². The zero-order valence-electron chi connectivity index (χ0n) is 16.3. The van der Waals surface area contributed by atoms with Crippen molar-refractivity contribution in [3.63, 3.8) is 0 Å². The average molecular weight is 429 g/mol. The van der Waals surface area contributed by atoms with Crippen LogP contribution in [0.5, 0.6) is 0 Å². The van der Waals surface area contributed by atoms with Crippen molar-refractivity contribution in [1.82, 2.24) is 19.7 Å². The highest BCUT2D eigenvalue weighted by molar-refractivity contribution is 6.32. The molecule has 0 bridgehead atoms. The van der Waals surface area contributed by atoms with E-state index in [4.69, 9.17) is 17.3 Å². The van der Waals surface area contributed by atoms with Gasteiger partial charge in [-0.2, -0.15) is 4.98 Å². The predicted molar refractivity (Wildman–Crippen MR) is 115 cm³/mol. The summed E-state index contributed by atoms with van der Waals surface area (Å²) in [5.74, 6) is -1.25. The van der Waals surface area contributed by atoms with E-state index in [1.54, 1.807) is 24.3 Å². The number of hydrogen-bond acceptors (Lipinski definition) is 5. The average Bonchev–Trinajstić information content (AvgIpc) is 3.05. The number of hydrogen-bond donors (Lipinski definition) is 2. The molecule has 0 amide bonds. The minimum absolute atomic E-state index is 0.0274. The second kappa shape index (κ2) is 7.87. The minimum Gasteiger partial charge on any atom is -0.383 e. The van der Waals surface area contributed by atoms with E-state index < -0.39 is 11.6 Å². The van der Waals surface area contributed by atoms with Gasteiger partial charge in [0, 0.05) is 12.1 Å². The van der Waals surface area contributed by atoms with Gasteiger partial charge >= 0.3 is 0 Å². The highest BCUT2D eigenvalue weighted by atomic mass is 35.5. The molecule has 2 aromatic carbocycles. The Labute approximate surface area is 176 Å². The summed E-state index contributed by atoms with van der Waals surface area (Å²) >= 11 is 6.30. The molecule has 2 heterocycles.